The van der Waals surface area contributed by atoms with E-state index in [-0.39, 0.29) is 9.99 Å². The van der Waals surface area contributed by atoms with Crippen molar-refractivity contribution in [3.8, 4) is 5.75 Å². The summed E-state index contributed by atoms with van der Waals surface area (Å²) in [6.45, 7) is 4.96. The normalized spacial score (nSPS) is 12.6. The van der Waals surface area contributed by atoms with Gasteiger partial charge >= 0.3 is 12.1 Å². The van der Waals surface area contributed by atoms with Crippen LogP contribution in [0.15, 0.2) is 12.1 Å². The number of carboxylic acids is 1. The fourth-order valence-corrected chi connectivity index (χ4v) is 2.28. The van der Waals surface area contributed by atoms with Crippen molar-refractivity contribution < 1.29 is 28.9 Å². The van der Waals surface area contributed by atoms with Gasteiger partial charge in [-0.05, 0) is 61.1 Å². The van der Waals surface area contributed by atoms with Gasteiger partial charge in [0.1, 0.15) is 11.6 Å². The van der Waals surface area contributed by atoms with Gasteiger partial charge in [0.15, 0.2) is 11.6 Å². The van der Waals surface area contributed by atoms with E-state index in [9.17, 15) is 19.1 Å². The van der Waals surface area contributed by atoms with E-state index in [2.05, 4.69) is 5.32 Å². The highest BCUT2D eigenvalue weighted by molar-refractivity contribution is 14.1. The molecule has 0 aliphatic carbocycles. The van der Waals surface area contributed by atoms with Gasteiger partial charge in [0.05, 0.1) is 3.57 Å². The number of phenols is 1. The van der Waals surface area contributed by atoms with Crippen LogP contribution in [0.5, 0.6) is 5.75 Å². The predicted molar refractivity (Wildman–Crippen MR) is 85.3 cm³/mol. The molecule has 0 radical (unpaired) electrons. The molecular weight excluding hydrogens is 408 g/mol. The minimum absolute atomic E-state index is 0.137. The zero-order valence-electron chi connectivity index (χ0n) is 12.3. The molecule has 1 aromatic rings. The molecule has 1 rings (SSSR count). The standard InChI is InChI=1S/C14H17FINO5/c1-14(2,3)22-13(21)17-10(12(19)20)6-7-4-8(15)11(18)9(16)5-7/h4-5,10,18H,6H2,1-3H3,(H,17,21)(H,19,20)/t10-/m0/s1. The van der Waals surface area contributed by atoms with Crippen LogP contribution in [0.25, 0.3) is 0 Å². The lowest BCUT2D eigenvalue weighted by Crippen LogP contribution is -2.44. The van der Waals surface area contributed by atoms with Gasteiger partial charge in [-0.2, -0.15) is 0 Å². The second-order valence-electron chi connectivity index (χ2n) is 5.65. The second kappa shape index (κ2) is 7.12. The summed E-state index contributed by atoms with van der Waals surface area (Å²) in [6, 6.07) is 1.21. The van der Waals surface area contributed by atoms with Crippen molar-refractivity contribution in [2.45, 2.75) is 38.8 Å². The number of carbonyl (C=O) groups is 2. The van der Waals surface area contributed by atoms with Crippen LogP contribution in [0.2, 0.25) is 0 Å². The van der Waals surface area contributed by atoms with Crippen LogP contribution >= 0.6 is 22.6 Å². The van der Waals surface area contributed by atoms with Gasteiger partial charge in [-0.1, -0.05) is 0 Å². The average molecular weight is 425 g/mol. The Labute approximate surface area is 140 Å². The highest BCUT2D eigenvalue weighted by atomic mass is 127. The number of phenolic OH excluding ortho intramolecular Hbond substituents is 1. The van der Waals surface area contributed by atoms with Gasteiger partial charge < -0.3 is 20.3 Å². The minimum atomic E-state index is -1.27. The topological polar surface area (TPSA) is 95.9 Å². The number of alkyl carbamates (subject to hydrolysis) is 1. The van der Waals surface area contributed by atoms with Crippen LogP contribution in [0.3, 0.4) is 0 Å². The van der Waals surface area contributed by atoms with E-state index in [0.29, 0.717) is 5.56 Å². The summed E-state index contributed by atoms with van der Waals surface area (Å²) < 4.78 is 18.7. The molecule has 0 saturated heterocycles. The number of benzene rings is 1. The van der Waals surface area contributed by atoms with E-state index < -0.39 is 35.3 Å². The first-order valence-electron chi connectivity index (χ1n) is 6.39. The maximum atomic E-state index is 13.5. The van der Waals surface area contributed by atoms with Gasteiger partial charge in [-0.15, -0.1) is 0 Å². The number of halogens is 2. The molecule has 122 valence electrons. The maximum Gasteiger partial charge on any atom is 0.408 e. The van der Waals surface area contributed by atoms with Crippen molar-refractivity contribution in [2.75, 3.05) is 0 Å². The largest absolute Gasteiger partial charge is 0.504 e. The van der Waals surface area contributed by atoms with E-state index >= 15 is 0 Å². The molecule has 0 fully saturated rings. The molecule has 0 bridgehead atoms. The molecule has 22 heavy (non-hydrogen) atoms. The number of amides is 1. The van der Waals surface area contributed by atoms with Crippen molar-refractivity contribution in [2.24, 2.45) is 0 Å². The molecule has 0 aromatic heterocycles. The number of ether oxygens (including phenoxy) is 1. The lowest BCUT2D eigenvalue weighted by atomic mass is 10.1. The van der Waals surface area contributed by atoms with Gasteiger partial charge in [-0.25, -0.2) is 14.0 Å². The molecule has 0 aliphatic rings. The molecule has 8 heteroatoms. The average Bonchev–Trinajstić information content (AvgIpc) is 2.32. The SMILES string of the molecule is CC(C)(C)OC(=O)N[C@@H](Cc1cc(F)c(O)c(I)c1)C(=O)O. The Morgan fingerprint density at radius 3 is 2.45 bits per heavy atom. The number of hydrogen-bond donors (Lipinski definition) is 3. The van der Waals surface area contributed by atoms with Crippen LogP contribution in [0, 0.1) is 9.39 Å². The summed E-state index contributed by atoms with van der Waals surface area (Å²) in [5.41, 5.74) is -0.421. The molecule has 0 unspecified atom stereocenters. The van der Waals surface area contributed by atoms with E-state index in [1.807, 2.05) is 0 Å². The quantitative estimate of drug-likeness (QED) is 0.645. The Morgan fingerprint density at radius 1 is 1.41 bits per heavy atom. The fourth-order valence-electron chi connectivity index (χ4n) is 1.62. The highest BCUT2D eigenvalue weighted by Gasteiger charge is 2.24. The van der Waals surface area contributed by atoms with Gasteiger partial charge in [0.25, 0.3) is 0 Å². The van der Waals surface area contributed by atoms with Crippen molar-refractivity contribution in [3.05, 3.63) is 27.1 Å². The van der Waals surface area contributed by atoms with Crippen LogP contribution in [-0.2, 0) is 16.0 Å². The summed E-state index contributed by atoms with van der Waals surface area (Å²) in [6.07, 6.45) is -1.00. The Hall–Kier alpha value is -1.58. The first-order valence-corrected chi connectivity index (χ1v) is 7.46. The maximum absolute atomic E-state index is 13.5. The number of nitrogens with one attached hydrogen (secondary N) is 1. The molecular formula is C14H17FINO5. The third-order valence-corrected chi connectivity index (χ3v) is 3.33. The van der Waals surface area contributed by atoms with Crippen molar-refractivity contribution in [1.82, 2.24) is 5.32 Å². The third kappa shape index (κ3) is 5.66. The van der Waals surface area contributed by atoms with Crippen molar-refractivity contribution in [3.63, 3.8) is 0 Å². The third-order valence-electron chi connectivity index (χ3n) is 2.51. The number of rotatable bonds is 4. The lowest BCUT2D eigenvalue weighted by molar-refractivity contribution is -0.139. The number of carboxylic acid groups (broad SMARTS) is 1. The van der Waals surface area contributed by atoms with Crippen LogP contribution in [-0.4, -0.2) is 33.9 Å². The van der Waals surface area contributed by atoms with Crippen LogP contribution < -0.4 is 5.32 Å². The number of carbonyl (C=O) groups excluding carboxylic acids is 1. The molecule has 3 N–H and O–H groups in total. The Morgan fingerprint density at radius 2 is 2.00 bits per heavy atom. The van der Waals surface area contributed by atoms with E-state index in [0.717, 1.165) is 6.07 Å². The zero-order chi connectivity index (χ0) is 17.1. The first kappa shape index (κ1) is 18.5. The Bertz CT molecular complexity index is 562. The van der Waals surface area contributed by atoms with Gasteiger partial charge in [-0.3, -0.25) is 0 Å². The predicted octanol–water partition coefficient (Wildman–Crippen LogP) is 2.66. The van der Waals surface area contributed by atoms with Crippen molar-refractivity contribution >= 4 is 34.7 Å². The summed E-state index contributed by atoms with van der Waals surface area (Å²) >= 11 is 1.73. The van der Waals surface area contributed by atoms with E-state index in [1.54, 1.807) is 43.4 Å². The van der Waals surface area contributed by atoms with Crippen molar-refractivity contribution in [1.29, 1.82) is 0 Å². The lowest BCUT2D eigenvalue weighted by Gasteiger charge is -2.22. The molecule has 1 amide bonds. The highest BCUT2D eigenvalue weighted by Crippen LogP contribution is 2.25. The van der Waals surface area contributed by atoms with Gasteiger partial charge in [0, 0.05) is 6.42 Å². The number of hydrogen-bond acceptors (Lipinski definition) is 4. The van der Waals surface area contributed by atoms with E-state index in [4.69, 9.17) is 9.84 Å². The summed E-state index contributed by atoms with van der Waals surface area (Å²) in [7, 11) is 0. The summed E-state index contributed by atoms with van der Waals surface area (Å²) in [5.74, 6) is -2.60. The summed E-state index contributed by atoms with van der Waals surface area (Å²) in [5, 5.41) is 20.7. The summed E-state index contributed by atoms with van der Waals surface area (Å²) in [4.78, 5) is 22.9. The molecule has 1 atom stereocenters. The van der Waals surface area contributed by atoms with Gasteiger partial charge in [0.2, 0.25) is 0 Å². The molecule has 1 aromatic carbocycles. The van der Waals surface area contributed by atoms with Crippen LogP contribution in [0.1, 0.15) is 26.3 Å². The Kier molecular flexibility index (Phi) is 5.98. The number of aliphatic carboxylic acids is 1. The van der Waals surface area contributed by atoms with Crippen LogP contribution in [0.4, 0.5) is 9.18 Å². The smallest absolute Gasteiger partial charge is 0.408 e. The molecule has 0 heterocycles. The first-order chi connectivity index (χ1) is 9.99. The molecule has 0 aliphatic heterocycles. The number of aromatic hydroxyl groups is 1. The Balaban J connectivity index is 2.85. The van der Waals surface area contributed by atoms with E-state index in [1.165, 1.54) is 6.07 Å². The second-order valence-corrected chi connectivity index (χ2v) is 6.81. The fraction of sp³-hybridized carbons (Fsp3) is 0.429. The monoisotopic (exact) mass is 425 g/mol. The molecule has 0 saturated carbocycles. The molecule has 0 spiro atoms. The molecule has 6 nitrogen and oxygen atoms in total. The zero-order valence-corrected chi connectivity index (χ0v) is 14.5. The minimum Gasteiger partial charge on any atom is -0.504 e.